The zero-order valence-electron chi connectivity index (χ0n) is 16.6. The minimum Gasteiger partial charge on any atom is -0.351 e. The number of hydrogen-bond donors (Lipinski definition) is 2. The van der Waals surface area contributed by atoms with Gasteiger partial charge >= 0.3 is 0 Å². The van der Waals surface area contributed by atoms with Crippen LogP contribution < -0.4 is 15.5 Å². The topological polar surface area (TPSA) is 57.3 Å². The molecule has 0 spiro atoms. The molecule has 2 aromatic heterocycles. The van der Waals surface area contributed by atoms with Gasteiger partial charge in [0.25, 0.3) is 0 Å². The highest BCUT2D eigenvalue weighted by Crippen LogP contribution is 2.44. The van der Waals surface area contributed by atoms with Gasteiger partial charge in [0.1, 0.15) is 0 Å². The summed E-state index contributed by atoms with van der Waals surface area (Å²) < 4.78 is 1.07. The Labute approximate surface area is 193 Å². The largest absolute Gasteiger partial charge is 0.351 e. The fraction of sp³-hybridized carbons (Fsp3) is 0.227. The number of nitrogens with one attached hydrogen (secondary N) is 2. The second-order valence-electron chi connectivity index (χ2n) is 7.04. The van der Waals surface area contributed by atoms with Gasteiger partial charge in [-0.15, -0.1) is 11.3 Å². The van der Waals surface area contributed by atoms with Gasteiger partial charge in [-0.3, -0.25) is 9.78 Å². The summed E-state index contributed by atoms with van der Waals surface area (Å²) in [5.74, 6) is 0.000684. The molecule has 0 radical (unpaired) electrons. The van der Waals surface area contributed by atoms with Crippen LogP contribution in [0.4, 0.5) is 11.4 Å². The predicted octanol–water partition coefficient (Wildman–Crippen LogP) is 5.74. The first kappa shape index (κ1) is 21.0. The van der Waals surface area contributed by atoms with Crippen LogP contribution in [0.15, 0.2) is 58.5 Å². The van der Waals surface area contributed by atoms with E-state index in [1.165, 1.54) is 4.88 Å². The predicted molar refractivity (Wildman–Crippen MR) is 130 cm³/mol. The first-order valence-corrected chi connectivity index (χ1v) is 11.7. The highest BCUT2D eigenvalue weighted by atomic mass is 79.9. The summed E-state index contributed by atoms with van der Waals surface area (Å²) in [6, 6.07) is 16.0. The molecule has 1 saturated heterocycles. The van der Waals surface area contributed by atoms with Crippen molar-refractivity contribution in [2.75, 3.05) is 10.2 Å². The molecule has 1 amide bonds. The number of thiophene rings is 1. The lowest BCUT2D eigenvalue weighted by molar-refractivity contribution is -0.115. The summed E-state index contributed by atoms with van der Waals surface area (Å²) in [4.78, 5) is 19.7. The Hall–Kier alpha value is -2.29. The number of anilines is 2. The third-order valence-electron chi connectivity index (χ3n) is 5.07. The SMILES string of the molecule is CCC(=O)Nc1ccc(N2C(=S)NC(c3ccccn3)C2c2ccc(Br)s2)cc1C. The zero-order valence-corrected chi connectivity index (χ0v) is 19.8. The molecular weight excluding hydrogens is 480 g/mol. The van der Waals surface area contributed by atoms with Gasteiger partial charge in [-0.2, -0.15) is 0 Å². The molecule has 4 rings (SSSR count). The molecule has 3 aromatic rings. The lowest BCUT2D eigenvalue weighted by Crippen LogP contribution is -2.29. The van der Waals surface area contributed by atoms with Crippen LogP contribution in [0.5, 0.6) is 0 Å². The lowest BCUT2D eigenvalue weighted by Gasteiger charge is -2.27. The van der Waals surface area contributed by atoms with Gasteiger partial charge in [-0.25, -0.2) is 0 Å². The first-order valence-electron chi connectivity index (χ1n) is 9.64. The summed E-state index contributed by atoms with van der Waals surface area (Å²) in [7, 11) is 0. The lowest BCUT2D eigenvalue weighted by atomic mass is 10.0. The van der Waals surface area contributed by atoms with E-state index in [1.807, 2.05) is 44.2 Å². The van der Waals surface area contributed by atoms with Crippen LogP contribution in [0.1, 0.15) is 41.6 Å². The molecule has 0 saturated carbocycles. The van der Waals surface area contributed by atoms with Crippen LogP contribution in [-0.2, 0) is 4.79 Å². The molecule has 1 aliphatic rings. The van der Waals surface area contributed by atoms with Crippen LogP contribution in [-0.4, -0.2) is 16.0 Å². The van der Waals surface area contributed by atoms with Crippen LogP contribution in [0.25, 0.3) is 0 Å². The number of aromatic nitrogens is 1. The molecule has 5 nitrogen and oxygen atoms in total. The number of carbonyl (C=O) groups is 1. The van der Waals surface area contributed by atoms with Gasteiger partial charge in [0.05, 0.1) is 21.6 Å². The highest BCUT2D eigenvalue weighted by Gasteiger charge is 2.41. The van der Waals surface area contributed by atoms with Crippen molar-refractivity contribution in [2.24, 2.45) is 0 Å². The molecule has 1 aliphatic heterocycles. The Kier molecular flexibility index (Phi) is 6.17. The van der Waals surface area contributed by atoms with E-state index in [0.29, 0.717) is 11.5 Å². The minimum atomic E-state index is -0.0657. The summed E-state index contributed by atoms with van der Waals surface area (Å²) in [6.45, 7) is 3.84. The smallest absolute Gasteiger partial charge is 0.224 e. The van der Waals surface area contributed by atoms with Crippen molar-refractivity contribution in [3.8, 4) is 0 Å². The number of thiocarbonyl (C=S) groups is 1. The number of rotatable bonds is 5. The molecule has 2 atom stereocenters. The van der Waals surface area contributed by atoms with E-state index in [4.69, 9.17) is 12.2 Å². The fourth-order valence-corrected chi connectivity index (χ4v) is 5.48. The number of amides is 1. The molecule has 3 heterocycles. The number of aryl methyl sites for hydroxylation is 1. The molecule has 1 fully saturated rings. The summed E-state index contributed by atoms with van der Waals surface area (Å²) in [5, 5.41) is 7.08. The fourth-order valence-electron chi connectivity index (χ4n) is 3.59. The highest BCUT2D eigenvalue weighted by molar-refractivity contribution is 9.11. The van der Waals surface area contributed by atoms with Crippen molar-refractivity contribution < 1.29 is 4.79 Å². The van der Waals surface area contributed by atoms with Gasteiger partial charge in [-0.05, 0) is 83.1 Å². The molecule has 1 aromatic carbocycles. The van der Waals surface area contributed by atoms with Gasteiger partial charge in [0.15, 0.2) is 5.11 Å². The van der Waals surface area contributed by atoms with E-state index < -0.39 is 0 Å². The second-order valence-corrected chi connectivity index (χ2v) is 9.92. The van der Waals surface area contributed by atoms with Crippen molar-refractivity contribution in [3.05, 3.63) is 74.6 Å². The number of hydrogen-bond acceptors (Lipinski definition) is 4. The van der Waals surface area contributed by atoms with E-state index >= 15 is 0 Å². The monoisotopic (exact) mass is 500 g/mol. The molecular formula is C22H21BrN4OS2. The van der Waals surface area contributed by atoms with Crippen LogP contribution in [0.3, 0.4) is 0 Å². The number of halogens is 1. The summed E-state index contributed by atoms with van der Waals surface area (Å²) in [6.07, 6.45) is 2.25. The molecule has 8 heteroatoms. The zero-order chi connectivity index (χ0) is 21.3. The number of benzene rings is 1. The molecule has 154 valence electrons. The van der Waals surface area contributed by atoms with Crippen LogP contribution >= 0.6 is 39.5 Å². The second kappa shape index (κ2) is 8.83. The Morgan fingerprint density at radius 3 is 2.77 bits per heavy atom. The third-order valence-corrected chi connectivity index (χ3v) is 7.08. The van der Waals surface area contributed by atoms with E-state index in [0.717, 1.165) is 26.4 Å². The van der Waals surface area contributed by atoms with E-state index in [-0.39, 0.29) is 18.0 Å². The normalized spacial score (nSPS) is 18.4. The quantitative estimate of drug-likeness (QED) is 0.437. The van der Waals surface area contributed by atoms with Gasteiger partial charge in [0, 0.05) is 28.9 Å². The van der Waals surface area contributed by atoms with Crippen molar-refractivity contribution in [1.82, 2.24) is 10.3 Å². The molecule has 2 N–H and O–H groups in total. The average Bonchev–Trinajstić information content (AvgIpc) is 3.32. The van der Waals surface area contributed by atoms with E-state index in [2.05, 4.69) is 54.6 Å². The van der Waals surface area contributed by atoms with Gasteiger partial charge < -0.3 is 15.5 Å². The Morgan fingerprint density at radius 1 is 1.30 bits per heavy atom. The Balaban J connectivity index is 1.74. The summed E-state index contributed by atoms with van der Waals surface area (Å²) >= 11 is 11.0. The maximum atomic E-state index is 11.8. The van der Waals surface area contributed by atoms with E-state index in [9.17, 15) is 4.79 Å². The average molecular weight is 501 g/mol. The number of carbonyl (C=O) groups excluding carboxylic acids is 1. The molecule has 0 bridgehead atoms. The van der Waals surface area contributed by atoms with Crippen molar-refractivity contribution in [2.45, 2.75) is 32.4 Å². The van der Waals surface area contributed by atoms with Crippen molar-refractivity contribution in [1.29, 1.82) is 0 Å². The van der Waals surface area contributed by atoms with Crippen molar-refractivity contribution >= 4 is 61.9 Å². The number of pyridine rings is 1. The van der Waals surface area contributed by atoms with Crippen molar-refractivity contribution in [3.63, 3.8) is 0 Å². The van der Waals surface area contributed by atoms with Gasteiger partial charge in [0.2, 0.25) is 5.91 Å². The maximum absolute atomic E-state index is 11.8. The Bertz CT molecular complexity index is 1090. The molecule has 30 heavy (non-hydrogen) atoms. The first-order chi connectivity index (χ1) is 14.5. The maximum Gasteiger partial charge on any atom is 0.224 e. The van der Waals surface area contributed by atoms with Crippen LogP contribution in [0.2, 0.25) is 0 Å². The molecule has 2 unspecified atom stereocenters. The minimum absolute atomic E-state index is 0.000684. The van der Waals surface area contributed by atoms with E-state index in [1.54, 1.807) is 17.5 Å². The number of nitrogens with zero attached hydrogens (tertiary/aromatic N) is 2. The summed E-state index contributed by atoms with van der Waals surface area (Å²) in [5.41, 5.74) is 3.73. The van der Waals surface area contributed by atoms with Gasteiger partial charge in [-0.1, -0.05) is 13.0 Å². The van der Waals surface area contributed by atoms with Crippen LogP contribution in [0, 0.1) is 6.92 Å². The third kappa shape index (κ3) is 4.12. The molecule has 0 aliphatic carbocycles. The Morgan fingerprint density at radius 2 is 2.13 bits per heavy atom. The standard InChI is InChI=1S/C22H21BrN4OS2/c1-3-19(28)25-15-8-7-14(12-13(15)2)27-21(17-9-10-18(23)30-17)20(26-22(27)29)16-6-4-5-11-24-16/h4-12,20-21H,3H2,1-2H3,(H,25,28)(H,26,29).